The molecule has 3 heterocycles. The smallest absolute Gasteiger partial charge is 0.236 e. The molecule has 1 atom stereocenters. The molecular formula is C19H30N4O4. The van der Waals surface area contributed by atoms with Gasteiger partial charge in [-0.05, 0) is 26.2 Å². The summed E-state index contributed by atoms with van der Waals surface area (Å²) in [5.41, 5.74) is 0. The predicted molar refractivity (Wildman–Crippen MR) is 98.6 cm³/mol. The lowest BCUT2D eigenvalue weighted by atomic mass is 10.0. The average Bonchev–Trinajstić information content (AvgIpc) is 2.98. The summed E-state index contributed by atoms with van der Waals surface area (Å²) in [4.78, 5) is 55.2. The number of carbonyl (C=O) groups is 4. The second-order valence-corrected chi connectivity index (χ2v) is 7.78. The van der Waals surface area contributed by atoms with Crippen molar-refractivity contribution in [3.63, 3.8) is 0 Å². The number of hydrogen-bond donors (Lipinski definition) is 0. The molecule has 0 spiro atoms. The molecule has 8 heteroatoms. The fourth-order valence-corrected chi connectivity index (χ4v) is 4.14. The first-order valence-corrected chi connectivity index (χ1v) is 10.1. The van der Waals surface area contributed by atoms with Crippen LogP contribution in [-0.4, -0.2) is 95.1 Å². The molecule has 1 unspecified atom stereocenters. The van der Waals surface area contributed by atoms with Crippen molar-refractivity contribution in [1.82, 2.24) is 19.6 Å². The maximum absolute atomic E-state index is 12.5. The molecule has 3 aliphatic heterocycles. The van der Waals surface area contributed by atoms with E-state index in [9.17, 15) is 19.2 Å². The normalized spacial score (nSPS) is 24.6. The summed E-state index contributed by atoms with van der Waals surface area (Å²) in [6.45, 7) is 6.11. The van der Waals surface area contributed by atoms with Gasteiger partial charge in [-0.3, -0.25) is 29.0 Å². The van der Waals surface area contributed by atoms with E-state index in [1.165, 1.54) is 11.3 Å². The Morgan fingerprint density at radius 2 is 1.59 bits per heavy atom. The second kappa shape index (κ2) is 8.82. The van der Waals surface area contributed by atoms with Crippen molar-refractivity contribution in [1.29, 1.82) is 0 Å². The van der Waals surface area contributed by atoms with Crippen LogP contribution in [0.1, 0.15) is 45.4 Å². The lowest BCUT2D eigenvalue weighted by molar-refractivity contribution is -0.139. The Morgan fingerprint density at radius 3 is 2.22 bits per heavy atom. The Kier molecular flexibility index (Phi) is 6.46. The lowest BCUT2D eigenvalue weighted by Gasteiger charge is -2.38. The highest BCUT2D eigenvalue weighted by Gasteiger charge is 2.30. The molecule has 3 aliphatic rings. The van der Waals surface area contributed by atoms with Crippen molar-refractivity contribution in [2.75, 3.05) is 45.8 Å². The molecule has 8 nitrogen and oxygen atoms in total. The van der Waals surface area contributed by atoms with Gasteiger partial charge >= 0.3 is 0 Å². The Bertz CT molecular complexity index is 585. The highest BCUT2D eigenvalue weighted by molar-refractivity contribution is 6.02. The SMILES string of the molecule is CC1CCCCN1C(=O)CN1CCN(C(=O)CCN2C(=O)CCC2=O)CC1. The highest BCUT2D eigenvalue weighted by atomic mass is 16.2. The third-order valence-electron chi connectivity index (χ3n) is 5.91. The standard InChI is InChI=1S/C19H30N4O4/c1-15-4-2-3-8-22(15)19(27)14-20-10-12-21(13-11-20)16(24)7-9-23-17(25)5-6-18(23)26/h15H,2-14H2,1H3. The molecule has 150 valence electrons. The van der Waals surface area contributed by atoms with Gasteiger partial charge in [0.05, 0.1) is 6.54 Å². The van der Waals surface area contributed by atoms with Gasteiger partial charge in [0.15, 0.2) is 0 Å². The number of likely N-dealkylation sites (tertiary alicyclic amines) is 2. The van der Waals surface area contributed by atoms with E-state index in [1.54, 1.807) is 4.90 Å². The Labute approximate surface area is 160 Å². The van der Waals surface area contributed by atoms with Crippen molar-refractivity contribution in [3.05, 3.63) is 0 Å². The minimum atomic E-state index is -0.178. The number of amides is 4. The van der Waals surface area contributed by atoms with Crippen molar-refractivity contribution < 1.29 is 19.2 Å². The summed E-state index contributed by atoms with van der Waals surface area (Å²) in [5, 5.41) is 0. The van der Waals surface area contributed by atoms with Crippen LogP contribution in [0.4, 0.5) is 0 Å². The van der Waals surface area contributed by atoms with E-state index in [2.05, 4.69) is 11.8 Å². The monoisotopic (exact) mass is 378 g/mol. The summed E-state index contributed by atoms with van der Waals surface area (Å²) in [7, 11) is 0. The van der Waals surface area contributed by atoms with E-state index < -0.39 is 0 Å². The molecule has 0 bridgehead atoms. The lowest BCUT2D eigenvalue weighted by Crippen LogP contribution is -2.53. The van der Waals surface area contributed by atoms with E-state index in [1.807, 2.05) is 4.90 Å². The van der Waals surface area contributed by atoms with E-state index >= 15 is 0 Å². The van der Waals surface area contributed by atoms with Gasteiger partial charge in [0.2, 0.25) is 23.6 Å². The summed E-state index contributed by atoms with van der Waals surface area (Å²) in [6, 6.07) is 0.324. The average molecular weight is 378 g/mol. The fourth-order valence-electron chi connectivity index (χ4n) is 4.14. The van der Waals surface area contributed by atoms with Crippen LogP contribution in [0.3, 0.4) is 0 Å². The third-order valence-corrected chi connectivity index (χ3v) is 5.91. The summed E-state index contributed by atoms with van der Waals surface area (Å²) < 4.78 is 0. The van der Waals surface area contributed by atoms with Crippen LogP contribution in [-0.2, 0) is 19.2 Å². The zero-order chi connectivity index (χ0) is 19.4. The Hall–Kier alpha value is -1.96. The molecule has 0 aliphatic carbocycles. The number of piperazine rings is 1. The molecule has 3 saturated heterocycles. The van der Waals surface area contributed by atoms with Crippen LogP contribution >= 0.6 is 0 Å². The Balaban J connectivity index is 1.39. The minimum absolute atomic E-state index is 0.0295. The van der Waals surface area contributed by atoms with Crippen molar-refractivity contribution in [2.24, 2.45) is 0 Å². The number of nitrogens with zero attached hydrogens (tertiary/aromatic N) is 4. The number of carbonyl (C=O) groups excluding carboxylic acids is 4. The van der Waals surface area contributed by atoms with Gasteiger partial charge in [-0.1, -0.05) is 0 Å². The molecule has 3 fully saturated rings. The number of hydrogen-bond acceptors (Lipinski definition) is 5. The van der Waals surface area contributed by atoms with Gasteiger partial charge < -0.3 is 9.80 Å². The fraction of sp³-hybridized carbons (Fsp3) is 0.789. The quantitative estimate of drug-likeness (QED) is 0.633. The maximum Gasteiger partial charge on any atom is 0.236 e. The molecule has 3 rings (SSSR count). The number of piperidine rings is 1. The zero-order valence-corrected chi connectivity index (χ0v) is 16.2. The van der Waals surface area contributed by atoms with Gasteiger partial charge in [-0.15, -0.1) is 0 Å². The number of rotatable bonds is 5. The van der Waals surface area contributed by atoms with Gasteiger partial charge in [0, 0.05) is 64.6 Å². The first-order valence-electron chi connectivity index (χ1n) is 10.1. The molecule has 4 amide bonds. The van der Waals surface area contributed by atoms with Gasteiger partial charge in [0.25, 0.3) is 0 Å². The minimum Gasteiger partial charge on any atom is -0.340 e. The highest BCUT2D eigenvalue weighted by Crippen LogP contribution is 2.17. The third kappa shape index (κ3) is 4.86. The van der Waals surface area contributed by atoms with Gasteiger partial charge in [0.1, 0.15) is 0 Å². The van der Waals surface area contributed by atoms with Crippen LogP contribution in [0.5, 0.6) is 0 Å². The van der Waals surface area contributed by atoms with E-state index in [-0.39, 0.29) is 49.4 Å². The predicted octanol–water partition coefficient (Wildman–Crippen LogP) is 0.0707. The molecular weight excluding hydrogens is 348 g/mol. The number of imide groups is 1. The first-order chi connectivity index (χ1) is 13.0. The van der Waals surface area contributed by atoms with Crippen molar-refractivity contribution >= 4 is 23.6 Å². The molecule has 0 N–H and O–H groups in total. The van der Waals surface area contributed by atoms with E-state index in [4.69, 9.17) is 0 Å². The molecule has 0 aromatic carbocycles. The van der Waals surface area contributed by atoms with Crippen LogP contribution in [0, 0.1) is 0 Å². The van der Waals surface area contributed by atoms with Crippen LogP contribution < -0.4 is 0 Å². The molecule has 0 aromatic rings. The van der Waals surface area contributed by atoms with Gasteiger partial charge in [-0.25, -0.2) is 0 Å². The molecule has 0 saturated carbocycles. The van der Waals surface area contributed by atoms with Crippen molar-refractivity contribution in [3.8, 4) is 0 Å². The molecule has 0 radical (unpaired) electrons. The van der Waals surface area contributed by atoms with Crippen LogP contribution in [0.25, 0.3) is 0 Å². The summed E-state index contributed by atoms with van der Waals surface area (Å²) >= 11 is 0. The molecule has 27 heavy (non-hydrogen) atoms. The maximum atomic E-state index is 12.5. The second-order valence-electron chi connectivity index (χ2n) is 7.78. The van der Waals surface area contributed by atoms with E-state index in [0.717, 1.165) is 19.4 Å². The summed E-state index contributed by atoms with van der Waals surface area (Å²) in [6.07, 6.45) is 4.06. The van der Waals surface area contributed by atoms with Gasteiger partial charge in [-0.2, -0.15) is 0 Å². The van der Waals surface area contributed by atoms with Crippen LogP contribution in [0.15, 0.2) is 0 Å². The summed E-state index contributed by atoms with van der Waals surface area (Å²) in [5.74, 6) is -0.197. The molecule has 0 aromatic heterocycles. The zero-order valence-electron chi connectivity index (χ0n) is 16.2. The van der Waals surface area contributed by atoms with Crippen molar-refractivity contribution in [2.45, 2.75) is 51.5 Å². The largest absolute Gasteiger partial charge is 0.340 e. The first kappa shape index (κ1) is 19.8. The Morgan fingerprint density at radius 1 is 0.926 bits per heavy atom. The van der Waals surface area contributed by atoms with Crippen LogP contribution in [0.2, 0.25) is 0 Å². The van der Waals surface area contributed by atoms with E-state index in [0.29, 0.717) is 38.8 Å². The topological polar surface area (TPSA) is 81.2 Å².